The second-order valence-electron chi connectivity index (χ2n) is 6.71. The van der Waals surface area contributed by atoms with Crippen LogP contribution in [-0.4, -0.2) is 48.2 Å². The molecule has 1 aliphatic heterocycles. The fraction of sp³-hybridized carbons (Fsp3) is 0.286. The summed E-state index contributed by atoms with van der Waals surface area (Å²) in [5.41, 5.74) is 3.70. The van der Waals surface area contributed by atoms with Gasteiger partial charge in [-0.2, -0.15) is 5.10 Å². The Bertz CT molecular complexity index is 924. The van der Waals surface area contributed by atoms with Crippen LogP contribution in [0.1, 0.15) is 28.8 Å². The van der Waals surface area contributed by atoms with Crippen molar-refractivity contribution in [2.24, 2.45) is 11.0 Å². The lowest BCUT2D eigenvalue weighted by molar-refractivity contribution is -0.126. The molecule has 2 amide bonds. The average Bonchev–Trinajstić information content (AvgIpc) is 2.75. The molecule has 0 bridgehead atoms. The Balaban J connectivity index is 1.51. The van der Waals surface area contributed by atoms with Gasteiger partial charge in [0.2, 0.25) is 5.91 Å². The van der Waals surface area contributed by atoms with Crippen molar-refractivity contribution in [3.63, 3.8) is 0 Å². The van der Waals surface area contributed by atoms with Gasteiger partial charge in [-0.3, -0.25) is 9.59 Å². The van der Waals surface area contributed by atoms with E-state index in [2.05, 4.69) is 10.5 Å². The van der Waals surface area contributed by atoms with Crippen molar-refractivity contribution in [1.29, 1.82) is 0 Å². The number of phenols is 1. The molecule has 0 spiro atoms. The van der Waals surface area contributed by atoms with Crippen molar-refractivity contribution in [3.05, 3.63) is 58.6 Å². The molecule has 1 fully saturated rings. The number of hydrazone groups is 1. The Hall–Kier alpha value is -3.06. The average molecular weight is 416 g/mol. The Morgan fingerprint density at radius 3 is 2.66 bits per heavy atom. The van der Waals surface area contributed by atoms with E-state index in [9.17, 15) is 14.7 Å². The molecular weight excluding hydrogens is 394 g/mol. The van der Waals surface area contributed by atoms with Crippen LogP contribution in [0.15, 0.2) is 47.6 Å². The molecule has 29 heavy (non-hydrogen) atoms. The summed E-state index contributed by atoms with van der Waals surface area (Å²) in [5, 5.41) is 14.0. The molecule has 8 heteroatoms. The second kappa shape index (κ2) is 9.43. The molecule has 2 N–H and O–H groups in total. The van der Waals surface area contributed by atoms with E-state index >= 15 is 0 Å². The number of ether oxygens (including phenoxy) is 1. The van der Waals surface area contributed by atoms with Crippen molar-refractivity contribution in [2.45, 2.75) is 12.8 Å². The number of likely N-dealkylation sites (tertiary alicyclic amines) is 1. The molecule has 1 saturated heterocycles. The van der Waals surface area contributed by atoms with Gasteiger partial charge >= 0.3 is 0 Å². The number of piperidine rings is 1. The van der Waals surface area contributed by atoms with E-state index in [1.54, 1.807) is 41.3 Å². The summed E-state index contributed by atoms with van der Waals surface area (Å²) in [6.07, 6.45) is 2.60. The second-order valence-corrected chi connectivity index (χ2v) is 7.12. The topological polar surface area (TPSA) is 91.2 Å². The number of carbonyl (C=O) groups excluding carboxylic acids is 2. The Labute approximate surface area is 173 Å². The lowest BCUT2D eigenvalue weighted by Crippen LogP contribution is -2.42. The lowest BCUT2D eigenvalue weighted by Gasteiger charge is -2.31. The van der Waals surface area contributed by atoms with Gasteiger partial charge in [-0.15, -0.1) is 0 Å². The number of rotatable bonds is 5. The zero-order valence-electron chi connectivity index (χ0n) is 16.0. The molecule has 152 valence electrons. The highest BCUT2D eigenvalue weighted by atomic mass is 35.5. The molecule has 0 saturated carbocycles. The maximum absolute atomic E-state index is 12.6. The monoisotopic (exact) mass is 415 g/mol. The van der Waals surface area contributed by atoms with Crippen molar-refractivity contribution >= 4 is 29.6 Å². The number of amides is 2. The summed E-state index contributed by atoms with van der Waals surface area (Å²) in [5.74, 6) is -0.148. The molecule has 0 aliphatic carbocycles. The molecule has 3 rings (SSSR count). The number of aromatic hydroxyl groups is 1. The SMILES string of the molecule is COc1cc(/C=N\NC(=O)C2CCN(C(=O)c3ccccc3Cl)CC2)ccc1O. The van der Waals surface area contributed by atoms with Gasteiger partial charge in [-0.25, -0.2) is 5.43 Å². The van der Waals surface area contributed by atoms with Crippen LogP contribution >= 0.6 is 11.6 Å². The van der Waals surface area contributed by atoms with E-state index in [0.29, 0.717) is 47.8 Å². The zero-order valence-corrected chi connectivity index (χ0v) is 16.7. The predicted molar refractivity (Wildman–Crippen MR) is 110 cm³/mol. The first-order valence-electron chi connectivity index (χ1n) is 9.23. The molecule has 0 unspecified atom stereocenters. The largest absolute Gasteiger partial charge is 0.504 e. The first kappa shape index (κ1) is 20.7. The number of nitrogens with zero attached hydrogens (tertiary/aromatic N) is 2. The van der Waals surface area contributed by atoms with Gasteiger partial charge in [0, 0.05) is 19.0 Å². The Morgan fingerprint density at radius 1 is 1.24 bits per heavy atom. The number of carbonyl (C=O) groups is 2. The molecule has 2 aromatic rings. The van der Waals surface area contributed by atoms with Crippen LogP contribution < -0.4 is 10.2 Å². The van der Waals surface area contributed by atoms with Crippen molar-refractivity contribution in [3.8, 4) is 11.5 Å². The Morgan fingerprint density at radius 2 is 1.97 bits per heavy atom. The summed E-state index contributed by atoms with van der Waals surface area (Å²) >= 11 is 6.10. The third kappa shape index (κ3) is 5.06. The number of benzene rings is 2. The standard InChI is InChI=1S/C21H22ClN3O4/c1-29-19-12-14(6-7-18(19)26)13-23-24-20(27)15-8-10-25(11-9-15)21(28)16-4-2-3-5-17(16)22/h2-7,12-13,15,26H,8-11H2,1H3,(H,24,27)/b23-13-. The predicted octanol–water partition coefficient (Wildman–Crippen LogP) is 3.06. The van der Waals surface area contributed by atoms with Crippen molar-refractivity contribution in [2.75, 3.05) is 20.2 Å². The maximum Gasteiger partial charge on any atom is 0.255 e. The molecule has 0 radical (unpaired) electrons. The van der Waals surface area contributed by atoms with E-state index in [1.165, 1.54) is 19.4 Å². The van der Waals surface area contributed by atoms with E-state index in [4.69, 9.17) is 16.3 Å². The summed E-state index contributed by atoms with van der Waals surface area (Å²) in [7, 11) is 1.46. The fourth-order valence-corrected chi connectivity index (χ4v) is 3.40. The minimum atomic E-state index is -0.211. The summed E-state index contributed by atoms with van der Waals surface area (Å²) < 4.78 is 5.04. The van der Waals surface area contributed by atoms with Crippen LogP contribution in [0, 0.1) is 5.92 Å². The zero-order chi connectivity index (χ0) is 20.8. The first-order valence-corrected chi connectivity index (χ1v) is 9.61. The lowest BCUT2D eigenvalue weighted by atomic mass is 9.95. The maximum atomic E-state index is 12.6. The summed E-state index contributed by atoms with van der Waals surface area (Å²) in [6.45, 7) is 0.974. The van der Waals surface area contributed by atoms with E-state index < -0.39 is 0 Å². The number of methoxy groups -OCH3 is 1. The van der Waals surface area contributed by atoms with Gasteiger partial charge < -0.3 is 14.7 Å². The van der Waals surface area contributed by atoms with Crippen molar-refractivity contribution < 1.29 is 19.4 Å². The van der Waals surface area contributed by atoms with Crippen LogP contribution in [0.4, 0.5) is 0 Å². The smallest absolute Gasteiger partial charge is 0.255 e. The van der Waals surface area contributed by atoms with Gasteiger partial charge in [-0.1, -0.05) is 23.7 Å². The van der Waals surface area contributed by atoms with Gasteiger partial charge in [0.05, 0.1) is 23.9 Å². The number of hydrogen-bond donors (Lipinski definition) is 2. The third-order valence-electron chi connectivity index (χ3n) is 4.85. The van der Waals surface area contributed by atoms with Gasteiger partial charge in [-0.05, 0) is 48.7 Å². The highest BCUT2D eigenvalue weighted by Gasteiger charge is 2.28. The van der Waals surface area contributed by atoms with Crippen LogP contribution in [0.2, 0.25) is 5.02 Å². The number of nitrogens with one attached hydrogen (secondary N) is 1. The van der Waals surface area contributed by atoms with E-state index in [-0.39, 0.29) is 23.5 Å². The molecule has 1 heterocycles. The summed E-state index contributed by atoms with van der Waals surface area (Å²) in [6, 6.07) is 11.7. The number of halogens is 1. The molecular formula is C21H22ClN3O4. The van der Waals surface area contributed by atoms with Gasteiger partial charge in [0.25, 0.3) is 5.91 Å². The van der Waals surface area contributed by atoms with E-state index in [1.807, 2.05) is 0 Å². The summed E-state index contributed by atoms with van der Waals surface area (Å²) in [4.78, 5) is 26.7. The van der Waals surface area contributed by atoms with Crippen LogP contribution in [-0.2, 0) is 4.79 Å². The molecule has 0 atom stereocenters. The highest BCUT2D eigenvalue weighted by Crippen LogP contribution is 2.25. The normalized spacial score (nSPS) is 14.8. The molecule has 1 aliphatic rings. The highest BCUT2D eigenvalue weighted by molar-refractivity contribution is 6.33. The first-order chi connectivity index (χ1) is 14.0. The Kier molecular flexibility index (Phi) is 6.72. The van der Waals surface area contributed by atoms with Crippen molar-refractivity contribution in [1.82, 2.24) is 10.3 Å². The van der Waals surface area contributed by atoms with Gasteiger partial charge in [0.1, 0.15) is 0 Å². The molecule has 2 aromatic carbocycles. The van der Waals surface area contributed by atoms with Crippen LogP contribution in [0.25, 0.3) is 0 Å². The quantitative estimate of drug-likeness (QED) is 0.580. The van der Waals surface area contributed by atoms with E-state index in [0.717, 1.165) is 0 Å². The molecule has 7 nitrogen and oxygen atoms in total. The minimum absolute atomic E-state index is 0.0341. The van der Waals surface area contributed by atoms with Crippen LogP contribution in [0.3, 0.4) is 0 Å². The third-order valence-corrected chi connectivity index (χ3v) is 5.18. The number of phenolic OH excluding ortho intramolecular Hbond substituents is 1. The minimum Gasteiger partial charge on any atom is -0.504 e. The van der Waals surface area contributed by atoms with Gasteiger partial charge in [0.15, 0.2) is 11.5 Å². The van der Waals surface area contributed by atoms with Crippen LogP contribution in [0.5, 0.6) is 11.5 Å². The number of hydrogen-bond acceptors (Lipinski definition) is 5. The molecule has 0 aromatic heterocycles. The fourth-order valence-electron chi connectivity index (χ4n) is 3.19.